The van der Waals surface area contributed by atoms with Crippen LogP contribution in [0.5, 0.6) is 0 Å². The Morgan fingerprint density at radius 1 is 1.24 bits per heavy atom. The molecule has 2 N–H and O–H groups in total. The third-order valence-electron chi connectivity index (χ3n) is 2.24. The van der Waals surface area contributed by atoms with Gasteiger partial charge in [-0.3, -0.25) is 4.79 Å². The van der Waals surface area contributed by atoms with E-state index in [9.17, 15) is 9.69 Å². The molecule has 0 saturated heterocycles. The first-order valence-electron chi connectivity index (χ1n) is 6.60. The van der Waals surface area contributed by atoms with Crippen molar-refractivity contribution in [2.75, 3.05) is 33.1 Å². The predicted octanol–water partition coefficient (Wildman–Crippen LogP) is 1.23. The molecule has 126 valence electrons. The van der Waals surface area contributed by atoms with Crippen LogP contribution in [0.2, 0.25) is 0 Å². The van der Waals surface area contributed by atoms with Gasteiger partial charge in [-0.05, 0) is 32.6 Å². The van der Waals surface area contributed by atoms with Crippen LogP contribution in [0.4, 0.5) is 0 Å². The van der Waals surface area contributed by atoms with E-state index in [2.05, 4.69) is 0 Å². The summed E-state index contributed by atoms with van der Waals surface area (Å²) in [4.78, 5) is 20.3. The zero-order valence-electron chi connectivity index (χ0n) is 12.9. The lowest BCUT2D eigenvalue weighted by molar-refractivity contribution is -0.134. The Morgan fingerprint density at radius 2 is 1.86 bits per heavy atom. The smallest absolute Gasteiger partial charge is 0.313 e. The lowest BCUT2D eigenvalue weighted by Crippen LogP contribution is -2.32. The van der Waals surface area contributed by atoms with Gasteiger partial charge in [0.25, 0.3) is 0 Å². The quantitative estimate of drug-likeness (QED) is 0.511. The van der Waals surface area contributed by atoms with E-state index in [1.54, 1.807) is 7.11 Å². The fraction of sp³-hybridized carbons (Fsp3) is 0.917. The number of hydrogen-bond acceptors (Lipinski definition) is 6. The molecule has 0 aromatic carbocycles. The molecule has 0 saturated carbocycles. The SMILES string of the molecule is COC[C@H](C)O[C@@H](COC(C)C)COP(O)(=S)CC(=O)O. The molecule has 0 bridgehead atoms. The number of rotatable bonds is 12. The molecule has 0 aliphatic rings. The summed E-state index contributed by atoms with van der Waals surface area (Å²) in [7, 11) is 1.57. The van der Waals surface area contributed by atoms with E-state index in [1.165, 1.54) is 0 Å². The highest BCUT2D eigenvalue weighted by Gasteiger charge is 2.22. The van der Waals surface area contributed by atoms with Gasteiger partial charge in [0.2, 0.25) is 0 Å². The Kier molecular flexibility index (Phi) is 10.6. The van der Waals surface area contributed by atoms with Crippen molar-refractivity contribution in [2.45, 2.75) is 39.1 Å². The molecule has 0 fully saturated rings. The largest absolute Gasteiger partial charge is 0.481 e. The van der Waals surface area contributed by atoms with Gasteiger partial charge in [0, 0.05) is 7.11 Å². The van der Waals surface area contributed by atoms with E-state index in [-0.39, 0.29) is 25.4 Å². The van der Waals surface area contributed by atoms with Crippen LogP contribution >= 0.6 is 6.49 Å². The first-order valence-corrected chi connectivity index (χ1v) is 9.46. The summed E-state index contributed by atoms with van der Waals surface area (Å²) in [5, 5.41) is 8.65. The molecule has 21 heavy (non-hydrogen) atoms. The first kappa shape index (κ1) is 20.9. The van der Waals surface area contributed by atoms with E-state index in [0.717, 1.165) is 0 Å². The first-order chi connectivity index (χ1) is 9.66. The van der Waals surface area contributed by atoms with Gasteiger partial charge in [0.15, 0.2) is 6.49 Å². The van der Waals surface area contributed by atoms with Crippen LogP contribution in [0.25, 0.3) is 0 Å². The Labute approximate surface area is 130 Å². The second kappa shape index (κ2) is 10.6. The van der Waals surface area contributed by atoms with Gasteiger partial charge in [-0.25, -0.2) is 0 Å². The summed E-state index contributed by atoms with van der Waals surface area (Å²) in [6, 6.07) is 0. The van der Waals surface area contributed by atoms with Crippen LogP contribution in [-0.4, -0.2) is 67.4 Å². The highest BCUT2D eigenvalue weighted by molar-refractivity contribution is 8.09. The second-order valence-electron chi connectivity index (χ2n) is 4.89. The molecule has 7 nitrogen and oxygen atoms in total. The third kappa shape index (κ3) is 12.2. The Bertz CT molecular complexity index is 350. The van der Waals surface area contributed by atoms with Crippen LogP contribution in [0.15, 0.2) is 0 Å². The van der Waals surface area contributed by atoms with Crippen molar-refractivity contribution in [2.24, 2.45) is 0 Å². The van der Waals surface area contributed by atoms with Gasteiger partial charge in [0.1, 0.15) is 12.3 Å². The summed E-state index contributed by atoms with van der Waals surface area (Å²) < 4.78 is 21.3. The van der Waals surface area contributed by atoms with E-state index >= 15 is 0 Å². The monoisotopic (exact) mass is 344 g/mol. The molecule has 3 atom stereocenters. The minimum absolute atomic E-state index is 0.0185. The predicted molar refractivity (Wildman–Crippen MR) is 82.3 cm³/mol. The van der Waals surface area contributed by atoms with Crippen molar-refractivity contribution in [3.8, 4) is 0 Å². The fourth-order valence-corrected chi connectivity index (χ4v) is 2.79. The third-order valence-corrected chi connectivity index (χ3v) is 4.17. The molecule has 1 unspecified atom stereocenters. The van der Waals surface area contributed by atoms with Gasteiger partial charge in [-0.2, -0.15) is 0 Å². The Balaban J connectivity index is 4.44. The molecule has 0 aliphatic carbocycles. The number of aliphatic carboxylic acids is 1. The zero-order valence-corrected chi connectivity index (χ0v) is 14.6. The second-order valence-corrected chi connectivity index (χ2v) is 8.45. The van der Waals surface area contributed by atoms with Crippen molar-refractivity contribution in [3.05, 3.63) is 0 Å². The van der Waals surface area contributed by atoms with Crippen molar-refractivity contribution in [1.29, 1.82) is 0 Å². The van der Waals surface area contributed by atoms with Crippen LogP contribution in [0.1, 0.15) is 20.8 Å². The molecule has 0 aromatic heterocycles. The van der Waals surface area contributed by atoms with Gasteiger partial charge in [-0.1, -0.05) is 0 Å². The molecule has 0 radical (unpaired) electrons. The van der Waals surface area contributed by atoms with E-state index in [1.807, 2.05) is 20.8 Å². The molecule has 0 amide bonds. The van der Waals surface area contributed by atoms with Crippen LogP contribution in [0, 0.1) is 0 Å². The molecule has 0 aliphatic heterocycles. The molecule has 0 heterocycles. The number of carbonyl (C=O) groups is 1. The highest BCUT2D eigenvalue weighted by atomic mass is 32.5. The van der Waals surface area contributed by atoms with Crippen LogP contribution in [0.3, 0.4) is 0 Å². The van der Waals surface area contributed by atoms with Crippen molar-refractivity contribution in [3.63, 3.8) is 0 Å². The number of hydrogen-bond donors (Lipinski definition) is 2. The summed E-state index contributed by atoms with van der Waals surface area (Å²) >= 11 is 4.78. The average Bonchev–Trinajstić information content (AvgIpc) is 2.31. The maximum absolute atomic E-state index is 10.6. The van der Waals surface area contributed by atoms with Crippen molar-refractivity contribution in [1.82, 2.24) is 0 Å². The summed E-state index contributed by atoms with van der Waals surface area (Å²) in [5.41, 5.74) is 0. The topological polar surface area (TPSA) is 94.5 Å². The molecule has 0 rings (SSSR count). The average molecular weight is 344 g/mol. The zero-order chi connectivity index (χ0) is 16.5. The van der Waals surface area contributed by atoms with E-state index < -0.39 is 24.7 Å². The van der Waals surface area contributed by atoms with Gasteiger partial charge in [-0.15, -0.1) is 0 Å². The van der Waals surface area contributed by atoms with Gasteiger partial charge >= 0.3 is 5.97 Å². The van der Waals surface area contributed by atoms with E-state index in [0.29, 0.717) is 6.61 Å². The molecule has 9 heteroatoms. The van der Waals surface area contributed by atoms with Crippen molar-refractivity contribution >= 4 is 24.3 Å². The molecular weight excluding hydrogens is 319 g/mol. The summed E-state index contributed by atoms with van der Waals surface area (Å²) in [5.74, 6) is -1.19. The summed E-state index contributed by atoms with van der Waals surface area (Å²) in [6.45, 7) is 2.90. The maximum atomic E-state index is 10.6. The minimum atomic E-state index is -3.34. The van der Waals surface area contributed by atoms with Crippen LogP contribution < -0.4 is 0 Å². The van der Waals surface area contributed by atoms with Crippen LogP contribution in [-0.2, 0) is 35.3 Å². The fourth-order valence-electron chi connectivity index (χ4n) is 1.45. The molecule has 0 aromatic rings. The number of carboxylic acid groups (broad SMARTS) is 1. The summed E-state index contributed by atoms with van der Waals surface area (Å²) in [6.07, 6.45) is -1.20. The van der Waals surface area contributed by atoms with E-state index in [4.69, 9.17) is 35.6 Å². The molecule has 0 spiro atoms. The normalized spacial score (nSPS) is 17.4. The highest BCUT2D eigenvalue weighted by Crippen LogP contribution is 2.42. The van der Waals surface area contributed by atoms with Gasteiger partial charge < -0.3 is 28.7 Å². The lowest BCUT2D eigenvalue weighted by Gasteiger charge is -2.24. The Hall–Kier alpha value is -0.0800. The lowest BCUT2D eigenvalue weighted by atomic mass is 10.3. The Morgan fingerprint density at radius 3 is 2.33 bits per heavy atom. The van der Waals surface area contributed by atoms with Gasteiger partial charge in [0.05, 0.1) is 32.0 Å². The maximum Gasteiger partial charge on any atom is 0.313 e. The standard InChI is InChI=1S/C12H25O7PS/c1-9(2)17-6-11(19-10(3)5-16-4)7-18-20(15,21)8-12(13)14/h9-11H,5-8H2,1-4H3,(H,13,14)(H,15,21)/t10-,11-,20?/m0/s1. The van der Waals surface area contributed by atoms with Crippen molar-refractivity contribution < 1.29 is 33.5 Å². The molecular formula is C12H25O7PS. The number of ether oxygens (including phenoxy) is 3. The number of carboxylic acids is 1. The number of methoxy groups -OCH3 is 1. The minimum Gasteiger partial charge on any atom is -0.481 e.